The minimum absolute atomic E-state index is 0.609. The third-order valence-corrected chi connectivity index (χ3v) is 4.78. The lowest BCUT2D eigenvalue weighted by molar-refractivity contribution is 0.213. The normalized spacial score (nSPS) is 12.3. The summed E-state index contributed by atoms with van der Waals surface area (Å²) in [5.74, 6) is 0.711. The summed E-state index contributed by atoms with van der Waals surface area (Å²) in [5, 5.41) is 11.5. The van der Waals surface area contributed by atoms with Crippen molar-refractivity contribution in [3.8, 4) is 5.75 Å². The van der Waals surface area contributed by atoms with E-state index in [1.807, 2.05) is 39.0 Å². The monoisotopic (exact) mass is 368 g/mol. The van der Waals surface area contributed by atoms with Crippen LogP contribution in [0.15, 0.2) is 28.7 Å². The van der Waals surface area contributed by atoms with Crippen molar-refractivity contribution in [3.05, 3.63) is 61.6 Å². The van der Waals surface area contributed by atoms with Crippen molar-refractivity contribution < 1.29 is 9.84 Å². The first kappa shape index (κ1) is 16.3. The molecule has 0 heterocycles. The molecular formula is C17H18BrClO2. The Bertz CT molecular complexity index is 683. The zero-order valence-electron chi connectivity index (χ0n) is 12.5. The molecule has 1 atom stereocenters. The molecule has 0 aliphatic heterocycles. The van der Waals surface area contributed by atoms with E-state index in [1.165, 1.54) is 0 Å². The number of ether oxygens (including phenoxy) is 1. The van der Waals surface area contributed by atoms with Crippen LogP contribution in [0, 0.1) is 20.8 Å². The van der Waals surface area contributed by atoms with Crippen molar-refractivity contribution in [3.63, 3.8) is 0 Å². The molecule has 2 aromatic rings. The van der Waals surface area contributed by atoms with Crippen LogP contribution in [0.25, 0.3) is 0 Å². The molecule has 1 N–H and O–H groups in total. The molecule has 21 heavy (non-hydrogen) atoms. The molecule has 0 amide bonds. The molecule has 0 bridgehead atoms. The van der Waals surface area contributed by atoms with Crippen LogP contribution in [-0.4, -0.2) is 12.2 Å². The predicted molar refractivity (Wildman–Crippen MR) is 90.4 cm³/mol. The Balaban J connectivity index is 2.68. The minimum Gasteiger partial charge on any atom is -0.496 e. The van der Waals surface area contributed by atoms with Crippen LogP contribution in [0.3, 0.4) is 0 Å². The number of rotatable bonds is 3. The summed E-state index contributed by atoms with van der Waals surface area (Å²) < 4.78 is 6.46. The van der Waals surface area contributed by atoms with E-state index in [2.05, 4.69) is 15.9 Å². The lowest BCUT2D eigenvalue weighted by Crippen LogP contribution is -2.08. The Morgan fingerprint density at radius 2 is 1.81 bits per heavy atom. The fourth-order valence-corrected chi connectivity index (χ4v) is 3.27. The molecule has 2 rings (SSSR count). The molecule has 0 aliphatic rings. The van der Waals surface area contributed by atoms with E-state index in [1.54, 1.807) is 13.2 Å². The molecule has 0 spiro atoms. The number of benzene rings is 2. The van der Waals surface area contributed by atoms with Gasteiger partial charge in [0.1, 0.15) is 11.9 Å². The lowest BCUT2D eigenvalue weighted by Gasteiger charge is -2.22. The van der Waals surface area contributed by atoms with Crippen molar-refractivity contribution >= 4 is 27.5 Å². The first-order valence-electron chi connectivity index (χ1n) is 6.64. The molecule has 0 saturated carbocycles. The van der Waals surface area contributed by atoms with Crippen LogP contribution in [-0.2, 0) is 0 Å². The maximum Gasteiger partial charge on any atom is 0.128 e. The van der Waals surface area contributed by atoms with E-state index >= 15 is 0 Å². The molecule has 0 fully saturated rings. The van der Waals surface area contributed by atoms with Crippen molar-refractivity contribution in [2.45, 2.75) is 26.9 Å². The van der Waals surface area contributed by atoms with Gasteiger partial charge in [-0.2, -0.15) is 0 Å². The molecule has 0 aromatic heterocycles. The zero-order valence-corrected chi connectivity index (χ0v) is 14.8. The molecule has 2 aromatic carbocycles. The van der Waals surface area contributed by atoms with Gasteiger partial charge in [-0.25, -0.2) is 0 Å². The summed E-state index contributed by atoms with van der Waals surface area (Å²) in [6.45, 7) is 5.89. The van der Waals surface area contributed by atoms with E-state index in [0.29, 0.717) is 10.8 Å². The van der Waals surface area contributed by atoms with Gasteiger partial charge in [-0.15, -0.1) is 0 Å². The third kappa shape index (κ3) is 3.10. The van der Waals surface area contributed by atoms with E-state index in [-0.39, 0.29) is 0 Å². The smallest absolute Gasteiger partial charge is 0.128 e. The Hall–Kier alpha value is -1.03. The van der Waals surface area contributed by atoms with E-state index in [4.69, 9.17) is 16.3 Å². The van der Waals surface area contributed by atoms with Crippen LogP contribution in [0.2, 0.25) is 5.02 Å². The summed E-state index contributed by atoms with van der Waals surface area (Å²) in [6.07, 6.45) is -0.783. The number of halogens is 2. The van der Waals surface area contributed by atoms with Gasteiger partial charge in [0.25, 0.3) is 0 Å². The lowest BCUT2D eigenvalue weighted by atomic mass is 9.92. The summed E-state index contributed by atoms with van der Waals surface area (Å²) in [5.41, 5.74) is 4.50. The standard InChI is InChI=1S/C17H18BrClO2/c1-9-5-6-12(19)8-13(9)16(20)15-11(3)14(18)7-10(2)17(15)21-4/h5-8,16,20H,1-4H3. The van der Waals surface area contributed by atoms with Crippen LogP contribution in [0.4, 0.5) is 0 Å². The van der Waals surface area contributed by atoms with Gasteiger partial charge in [-0.1, -0.05) is 33.6 Å². The zero-order chi connectivity index (χ0) is 15.7. The summed E-state index contributed by atoms with van der Waals surface area (Å²) in [4.78, 5) is 0. The van der Waals surface area contributed by atoms with Gasteiger partial charge >= 0.3 is 0 Å². The van der Waals surface area contributed by atoms with Crippen LogP contribution < -0.4 is 4.74 Å². The van der Waals surface area contributed by atoms with Gasteiger partial charge in [0.2, 0.25) is 0 Å². The van der Waals surface area contributed by atoms with Crippen molar-refractivity contribution in [1.29, 1.82) is 0 Å². The number of aliphatic hydroxyl groups excluding tert-OH is 1. The maximum atomic E-state index is 10.9. The second kappa shape index (κ2) is 6.39. The molecule has 0 aliphatic carbocycles. The number of hydrogen-bond acceptors (Lipinski definition) is 2. The molecule has 0 saturated heterocycles. The molecule has 0 radical (unpaired) electrons. The van der Waals surface area contributed by atoms with E-state index < -0.39 is 6.10 Å². The SMILES string of the molecule is COc1c(C)cc(Br)c(C)c1C(O)c1cc(Cl)ccc1C. The van der Waals surface area contributed by atoms with E-state index in [0.717, 1.165) is 32.3 Å². The minimum atomic E-state index is -0.783. The first-order chi connectivity index (χ1) is 9.86. The number of aliphatic hydroxyl groups is 1. The van der Waals surface area contributed by atoms with Gasteiger partial charge in [-0.3, -0.25) is 0 Å². The second-order valence-corrected chi connectivity index (χ2v) is 6.44. The fraction of sp³-hybridized carbons (Fsp3) is 0.294. The third-order valence-electron chi connectivity index (χ3n) is 3.72. The number of hydrogen-bond donors (Lipinski definition) is 1. The summed E-state index contributed by atoms with van der Waals surface area (Å²) >= 11 is 9.61. The fourth-order valence-electron chi connectivity index (χ4n) is 2.54. The quantitative estimate of drug-likeness (QED) is 0.814. The van der Waals surface area contributed by atoms with Crippen molar-refractivity contribution in [1.82, 2.24) is 0 Å². The molecule has 1 unspecified atom stereocenters. The van der Waals surface area contributed by atoms with Gasteiger partial charge in [0, 0.05) is 15.1 Å². The molecular weight excluding hydrogens is 352 g/mol. The van der Waals surface area contributed by atoms with Crippen molar-refractivity contribution in [2.75, 3.05) is 7.11 Å². The van der Waals surface area contributed by atoms with Gasteiger partial charge in [0.15, 0.2) is 0 Å². The topological polar surface area (TPSA) is 29.5 Å². The summed E-state index contributed by atoms with van der Waals surface area (Å²) in [6, 6.07) is 7.53. The van der Waals surface area contributed by atoms with Crippen molar-refractivity contribution in [2.24, 2.45) is 0 Å². The number of aryl methyl sites for hydroxylation is 2. The molecule has 4 heteroatoms. The average molecular weight is 370 g/mol. The van der Waals surface area contributed by atoms with Gasteiger partial charge < -0.3 is 9.84 Å². The highest BCUT2D eigenvalue weighted by atomic mass is 79.9. The Labute approximate surface area is 138 Å². The highest BCUT2D eigenvalue weighted by Crippen LogP contribution is 2.39. The Morgan fingerprint density at radius 1 is 1.14 bits per heavy atom. The Kier molecular flexibility index (Phi) is 4.97. The van der Waals surface area contributed by atoms with Gasteiger partial charge in [0.05, 0.1) is 7.11 Å². The average Bonchev–Trinajstić information content (AvgIpc) is 2.44. The second-order valence-electron chi connectivity index (χ2n) is 5.15. The molecule has 2 nitrogen and oxygen atoms in total. The molecule has 112 valence electrons. The largest absolute Gasteiger partial charge is 0.496 e. The highest BCUT2D eigenvalue weighted by molar-refractivity contribution is 9.10. The number of methoxy groups -OCH3 is 1. The highest BCUT2D eigenvalue weighted by Gasteiger charge is 2.23. The van der Waals surface area contributed by atoms with Crippen LogP contribution >= 0.6 is 27.5 Å². The van der Waals surface area contributed by atoms with Gasteiger partial charge in [-0.05, 0) is 61.2 Å². The maximum absolute atomic E-state index is 10.9. The van der Waals surface area contributed by atoms with E-state index in [9.17, 15) is 5.11 Å². The van der Waals surface area contributed by atoms with Crippen LogP contribution in [0.5, 0.6) is 5.75 Å². The summed E-state index contributed by atoms with van der Waals surface area (Å²) in [7, 11) is 1.62. The Morgan fingerprint density at radius 3 is 2.43 bits per heavy atom. The van der Waals surface area contributed by atoms with Crippen LogP contribution in [0.1, 0.15) is 33.9 Å². The predicted octanol–water partition coefficient (Wildman–Crippen LogP) is 5.12. The first-order valence-corrected chi connectivity index (χ1v) is 7.81.